The van der Waals surface area contributed by atoms with Crippen LogP contribution in [0.5, 0.6) is 0 Å². The largest absolute Gasteiger partial charge is 0.465 e. The van der Waals surface area contributed by atoms with Crippen LogP contribution in [0, 0.1) is 11.7 Å². The zero-order chi connectivity index (χ0) is 23.1. The minimum Gasteiger partial charge on any atom is -0.465 e. The van der Waals surface area contributed by atoms with Crippen molar-refractivity contribution in [3.8, 4) is 11.5 Å². The molecule has 0 saturated heterocycles. The van der Waals surface area contributed by atoms with E-state index in [2.05, 4.69) is 20.1 Å². The second kappa shape index (κ2) is 8.01. The number of carbonyl (C=O) groups is 1. The van der Waals surface area contributed by atoms with Crippen molar-refractivity contribution >= 4 is 34.4 Å². The lowest BCUT2D eigenvalue weighted by molar-refractivity contribution is 0.201. The van der Waals surface area contributed by atoms with Crippen LogP contribution >= 0.6 is 0 Å². The van der Waals surface area contributed by atoms with Crippen molar-refractivity contribution in [2.45, 2.75) is 19.4 Å². The molecule has 5 N–H and O–H groups in total. The molecule has 3 heterocycles. The number of aromatic nitrogens is 5. The smallest absolute Gasteiger partial charge is 0.412 e. The summed E-state index contributed by atoms with van der Waals surface area (Å²) in [5.74, 6) is -0.0425. The van der Waals surface area contributed by atoms with Gasteiger partial charge in [-0.3, -0.25) is 4.90 Å². The Morgan fingerprint density at radius 2 is 1.88 bits per heavy atom. The van der Waals surface area contributed by atoms with E-state index in [-0.39, 0.29) is 48.0 Å². The first-order valence-corrected chi connectivity index (χ1v) is 10.4. The van der Waals surface area contributed by atoms with Crippen LogP contribution in [0.25, 0.3) is 22.6 Å². The number of pyridine rings is 1. The normalized spacial score (nSPS) is 13.4. The Hall–Kier alpha value is -4.28. The minimum absolute atomic E-state index is 0.0544. The molecule has 0 radical (unpaired) electrons. The Morgan fingerprint density at radius 3 is 2.55 bits per heavy atom. The van der Waals surface area contributed by atoms with E-state index in [0.717, 1.165) is 17.7 Å². The number of carboxylic acid groups (broad SMARTS) is 1. The molecule has 11 heteroatoms. The van der Waals surface area contributed by atoms with Crippen LogP contribution < -0.4 is 16.4 Å². The van der Waals surface area contributed by atoms with Gasteiger partial charge in [0.1, 0.15) is 17.2 Å². The van der Waals surface area contributed by atoms with Gasteiger partial charge in [0.2, 0.25) is 0 Å². The lowest BCUT2D eigenvalue weighted by Gasteiger charge is -2.21. The van der Waals surface area contributed by atoms with Gasteiger partial charge < -0.3 is 16.6 Å². The summed E-state index contributed by atoms with van der Waals surface area (Å²) in [5.41, 5.74) is 13.7. The fourth-order valence-electron chi connectivity index (χ4n) is 3.77. The van der Waals surface area contributed by atoms with Crippen molar-refractivity contribution in [3.05, 3.63) is 54.0 Å². The number of rotatable bonds is 6. The first kappa shape index (κ1) is 20.6. The van der Waals surface area contributed by atoms with Gasteiger partial charge in [-0.25, -0.2) is 28.8 Å². The van der Waals surface area contributed by atoms with Crippen LogP contribution in [0.4, 0.5) is 26.5 Å². The van der Waals surface area contributed by atoms with Crippen molar-refractivity contribution in [1.82, 2.24) is 24.7 Å². The summed E-state index contributed by atoms with van der Waals surface area (Å²) in [6, 6.07) is 9.96. The van der Waals surface area contributed by atoms with Gasteiger partial charge in [0, 0.05) is 18.3 Å². The molecule has 1 aromatic carbocycles. The Labute approximate surface area is 187 Å². The summed E-state index contributed by atoms with van der Waals surface area (Å²) < 4.78 is 15.8. The maximum atomic E-state index is 14.2. The Bertz CT molecular complexity index is 1340. The highest BCUT2D eigenvalue weighted by molar-refractivity contribution is 5.95. The lowest BCUT2D eigenvalue weighted by Crippen LogP contribution is -2.33. The van der Waals surface area contributed by atoms with E-state index in [4.69, 9.17) is 11.5 Å². The highest BCUT2D eigenvalue weighted by Crippen LogP contribution is 2.36. The lowest BCUT2D eigenvalue weighted by atomic mass is 10.2. The second-order valence-corrected chi connectivity index (χ2v) is 7.98. The Kier molecular flexibility index (Phi) is 5.00. The molecule has 1 aliphatic carbocycles. The summed E-state index contributed by atoms with van der Waals surface area (Å²) >= 11 is 0. The fourth-order valence-corrected chi connectivity index (χ4v) is 3.77. The Balaban J connectivity index is 1.58. The van der Waals surface area contributed by atoms with Crippen LogP contribution in [-0.4, -0.2) is 42.5 Å². The SMILES string of the molecule is Nc1nc(-c2nn(Cc3ccccc3F)c3ncccc23)nc(N)c1N(CC1CC1)C(=O)O. The second-order valence-electron chi connectivity index (χ2n) is 7.98. The minimum atomic E-state index is -1.17. The molecule has 1 amide bonds. The average molecular weight is 448 g/mol. The molecule has 0 atom stereocenters. The molecule has 0 bridgehead atoms. The van der Waals surface area contributed by atoms with Gasteiger partial charge in [-0.05, 0) is 37.0 Å². The van der Waals surface area contributed by atoms with E-state index < -0.39 is 6.09 Å². The third-order valence-electron chi connectivity index (χ3n) is 5.57. The molecule has 10 nitrogen and oxygen atoms in total. The quantitative estimate of drug-likeness (QED) is 0.407. The number of anilines is 3. The zero-order valence-electron chi connectivity index (χ0n) is 17.5. The Morgan fingerprint density at radius 1 is 1.15 bits per heavy atom. The number of halogens is 1. The van der Waals surface area contributed by atoms with E-state index in [0.29, 0.717) is 22.3 Å². The zero-order valence-corrected chi connectivity index (χ0v) is 17.5. The molecule has 1 saturated carbocycles. The van der Waals surface area contributed by atoms with Crippen LogP contribution in [0.2, 0.25) is 0 Å². The summed E-state index contributed by atoms with van der Waals surface area (Å²) in [7, 11) is 0. The van der Waals surface area contributed by atoms with Crippen LogP contribution in [-0.2, 0) is 6.54 Å². The van der Waals surface area contributed by atoms with Gasteiger partial charge in [-0.1, -0.05) is 18.2 Å². The molecule has 4 aromatic rings. The molecular formula is C22H21FN8O2. The first-order valence-electron chi connectivity index (χ1n) is 10.4. The summed E-state index contributed by atoms with van der Waals surface area (Å²) in [5, 5.41) is 14.9. The third kappa shape index (κ3) is 3.88. The number of fused-ring (bicyclic) bond motifs is 1. The maximum Gasteiger partial charge on any atom is 0.412 e. The van der Waals surface area contributed by atoms with E-state index in [1.807, 2.05) is 0 Å². The van der Waals surface area contributed by atoms with Crippen molar-refractivity contribution in [2.24, 2.45) is 5.92 Å². The maximum absolute atomic E-state index is 14.2. The number of benzene rings is 1. The molecule has 0 aliphatic heterocycles. The van der Waals surface area contributed by atoms with Gasteiger partial charge in [-0.2, -0.15) is 5.10 Å². The van der Waals surface area contributed by atoms with Crippen molar-refractivity contribution < 1.29 is 14.3 Å². The molecule has 168 valence electrons. The van der Waals surface area contributed by atoms with E-state index in [1.54, 1.807) is 41.2 Å². The monoisotopic (exact) mass is 448 g/mol. The standard InChI is InChI=1S/C22H21FN8O2/c23-15-6-2-1-4-13(15)11-31-21-14(5-3-9-26-21)16(29-31)20-27-18(24)17(19(25)28-20)30(22(32)33)10-12-7-8-12/h1-6,9,12H,7-8,10-11H2,(H,32,33)(H4,24,25,27,28). The third-order valence-corrected chi connectivity index (χ3v) is 5.57. The molecule has 1 fully saturated rings. The van der Waals surface area contributed by atoms with Crippen molar-refractivity contribution in [2.75, 3.05) is 22.9 Å². The van der Waals surface area contributed by atoms with Crippen LogP contribution in [0.15, 0.2) is 42.6 Å². The van der Waals surface area contributed by atoms with Gasteiger partial charge in [0.15, 0.2) is 23.1 Å². The van der Waals surface area contributed by atoms with Crippen molar-refractivity contribution in [3.63, 3.8) is 0 Å². The van der Waals surface area contributed by atoms with Crippen LogP contribution in [0.1, 0.15) is 18.4 Å². The number of nitrogen functional groups attached to an aromatic ring is 2. The highest BCUT2D eigenvalue weighted by Gasteiger charge is 2.31. The number of hydrogen-bond donors (Lipinski definition) is 3. The van der Waals surface area contributed by atoms with Gasteiger partial charge in [-0.15, -0.1) is 0 Å². The summed E-state index contributed by atoms with van der Waals surface area (Å²) in [6.45, 7) is 0.438. The predicted molar refractivity (Wildman–Crippen MR) is 121 cm³/mol. The van der Waals surface area contributed by atoms with Gasteiger partial charge in [0.25, 0.3) is 0 Å². The molecule has 1 aliphatic rings. The summed E-state index contributed by atoms with van der Waals surface area (Å²) in [6.07, 6.45) is 2.36. The number of hydrogen-bond acceptors (Lipinski definition) is 7. The van der Waals surface area contributed by atoms with E-state index in [1.165, 1.54) is 6.07 Å². The first-order chi connectivity index (χ1) is 15.9. The number of amides is 1. The van der Waals surface area contributed by atoms with Crippen molar-refractivity contribution in [1.29, 1.82) is 0 Å². The molecule has 5 rings (SSSR count). The number of nitrogens with two attached hydrogens (primary N) is 2. The highest BCUT2D eigenvalue weighted by atomic mass is 19.1. The molecule has 33 heavy (non-hydrogen) atoms. The molecule has 0 unspecified atom stereocenters. The van der Waals surface area contributed by atoms with Crippen LogP contribution in [0.3, 0.4) is 0 Å². The topological polar surface area (TPSA) is 149 Å². The van der Waals surface area contributed by atoms with E-state index in [9.17, 15) is 14.3 Å². The van der Waals surface area contributed by atoms with Gasteiger partial charge in [0.05, 0.1) is 11.9 Å². The molecule has 3 aromatic heterocycles. The molecule has 0 spiro atoms. The average Bonchev–Trinajstić information content (AvgIpc) is 3.54. The van der Waals surface area contributed by atoms with Gasteiger partial charge >= 0.3 is 6.09 Å². The fraction of sp³-hybridized carbons (Fsp3) is 0.227. The summed E-state index contributed by atoms with van der Waals surface area (Å²) in [4.78, 5) is 25.9. The van der Waals surface area contributed by atoms with E-state index >= 15 is 0 Å². The molecular weight excluding hydrogens is 427 g/mol. The predicted octanol–water partition coefficient (Wildman–Crippen LogP) is 3.13. The number of nitrogens with zero attached hydrogens (tertiary/aromatic N) is 6.